The van der Waals surface area contributed by atoms with Crippen LogP contribution in [0.15, 0.2) is 18.2 Å². The first kappa shape index (κ1) is 11.4. The Morgan fingerprint density at radius 1 is 1.47 bits per heavy atom. The molecule has 0 aliphatic rings. The molecule has 15 heavy (non-hydrogen) atoms. The van der Waals surface area contributed by atoms with Crippen LogP contribution in [0, 0.1) is 0 Å². The van der Waals surface area contributed by atoms with Crippen molar-refractivity contribution in [1.82, 2.24) is 0 Å². The van der Waals surface area contributed by atoms with Gasteiger partial charge in [0.05, 0.1) is 13.7 Å². The number of methoxy groups -OCH3 is 1. The second kappa shape index (κ2) is 5.24. The van der Waals surface area contributed by atoms with Gasteiger partial charge in [0.1, 0.15) is 11.3 Å². The number of benzene rings is 1. The SMILES string of the molecule is CCCOC(=O)c1ccc(N)cc1OC. The van der Waals surface area contributed by atoms with Gasteiger partial charge in [-0.05, 0) is 18.6 Å². The molecule has 0 fully saturated rings. The quantitative estimate of drug-likeness (QED) is 0.607. The minimum atomic E-state index is -0.381. The van der Waals surface area contributed by atoms with Gasteiger partial charge in [-0.1, -0.05) is 6.92 Å². The molecule has 4 nitrogen and oxygen atoms in total. The van der Waals surface area contributed by atoms with Crippen LogP contribution in [-0.2, 0) is 4.74 Å². The number of hydrogen-bond acceptors (Lipinski definition) is 4. The lowest BCUT2D eigenvalue weighted by molar-refractivity contribution is 0.0501. The fraction of sp³-hybridized carbons (Fsp3) is 0.364. The zero-order valence-electron chi connectivity index (χ0n) is 8.95. The summed E-state index contributed by atoms with van der Waals surface area (Å²) in [4.78, 5) is 11.6. The third kappa shape index (κ3) is 2.87. The third-order valence-electron chi connectivity index (χ3n) is 1.88. The Hall–Kier alpha value is -1.71. The Kier molecular flexibility index (Phi) is 3.97. The average molecular weight is 209 g/mol. The minimum absolute atomic E-state index is 0.381. The average Bonchev–Trinajstić information content (AvgIpc) is 2.25. The molecular weight excluding hydrogens is 194 g/mol. The van der Waals surface area contributed by atoms with E-state index >= 15 is 0 Å². The van der Waals surface area contributed by atoms with E-state index in [4.69, 9.17) is 15.2 Å². The van der Waals surface area contributed by atoms with Crippen LogP contribution in [-0.4, -0.2) is 19.7 Å². The van der Waals surface area contributed by atoms with Crippen LogP contribution in [0.25, 0.3) is 0 Å². The molecule has 0 heterocycles. The standard InChI is InChI=1S/C11H15NO3/c1-3-6-15-11(13)9-5-4-8(12)7-10(9)14-2/h4-5,7H,3,6,12H2,1-2H3. The first-order valence-corrected chi connectivity index (χ1v) is 4.79. The molecule has 0 amide bonds. The highest BCUT2D eigenvalue weighted by molar-refractivity contribution is 5.93. The molecule has 1 aromatic carbocycles. The van der Waals surface area contributed by atoms with E-state index in [1.54, 1.807) is 18.2 Å². The van der Waals surface area contributed by atoms with E-state index < -0.39 is 0 Å². The summed E-state index contributed by atoms with van der Waals surface area (Å²) in [5.74, 6) is 0.0600. The zero-order valence-corrected chi connectivity index (χ0v) is 8.95. The van der Waals surface area contributed by atoms with E-state index in [0.29, 0.717) is 23.6 Å². The molecule has 0 aliphatic heterocycles. The van der Waals surface area contributed by atoms with Crippen LogP contribution in [0.4, 0.5) is 5.69 Å². The van der Waals surface area contributed by atoms with Crippen LogP contribution >= 0.6 is 0 Å². The summed E-state index contributed by atoms with van der Waals surface area (Å²) in [5, 5.41) is 0. The molecule has 0 aliphatic carbocycles. The largest absolute Gasteiger partial charge is 0.496 e. The number of carbonyl (C=O) groups is 1. The summed E-state index contributed by atoms with van der Waals surface area (Å²) in [6.07, 6.45) is 0.795. The van der Waals surface area contributed by atoms with Crippen molar-refractivity contribution in [2.75, 3.05) is 19.5 Å². The maximum absolute atomic E-state index is 11.6. The van der Waals surface area contributed by atoms with Crippen molar-refractivity contribution in [3.63, 3.8) is 0 Å². The second-order valence-electron chi connectivity index (χ2n) is 3.10. The highest BCUT2D eigenvalue weighted by atomic mass is 16.5. The fourth-order valence-corrected chi connectivity index (χ4v) is 1.15. The lowest BCUT2D eigenvalue weighted by Gasteiger charge is -2.08. The maximum atomic E-state index is 11.6. The van der Waals surface area contributed by atoms with Crippen molar-refractivity contribution >= 4 is 11.7 Å². The van der Waals surface area contributed by atoms with Gasteiger partial charge in [0.25, 0.3) is 0 Å². The Morgan fingerprint density at radius 2 is 2.20 bits per heavy atom. The Labute approximate surface area is 89.0 Å². The molecule has 0 atom stereocenters. The highest BCUT2D eigenvalue weighted by Gasteiger charge is 2.13. The number of ether oxygens (including phenoxy) is 2. The van der Waals surface area contributed by atoms with Gasteiger partial charge in [-0.25, -0.2) is 4.79 Å². The van der Waals surface area contributed by atoms with E-state index in [2.05, 4.69) is 0 Å². The molecule has 0 spiro atoms. The third-order valence-corrected chi connectivity index (χ3v) is 1.88. The molecule has 0 radical (unpaired) electrons. The van der Waals surface area contributed by atoms with Gasteiger partial charge in [-0.3, -0.25) is 0 Å². The van der Waals surface area contributed by atoms with Crippen LogP contribution in [0.1, 0.15) is 23.7 Å². The molecule has 1 rings (SSSR count). The Balaban J connectivity index is 2.87. The van der Waals surface area contributed by atoms with E-state index in [1.165, 1.54) is 7.11 Å². The molecule has 0 aromatic heterocycles. The second-order valence-corrected chi connectivity index (χ2v) is 3.10. The van der Waals surface area contributed by atoms with Crippen LogP contribution < -0.4 is 10.5 Å². The number of nitrogen functional groups attached to an aromatic ring is 1. The van der Waals surface area contributed by atoms with Gasteiger partial charge in [-0.15, -0.1) is 0 Å². The Bertz CT molecular complexity index is 350. The topological polar surface area (TPSA) is 61.5 Å². The number of anilines is 1. The normalized spacial score (nSPS) is 9.73. The van der Waals surface area contributed by atoms with Crippen molar-refractivity contribution < 1.29 is 14.3 Å². The van der Waals surface area contributed by atoms with Gasteiger partial charge in [-0.2, -0.15) is 0 Å². The predicted octanol–water partition coefficient (Wildman–Crippen LogP) is 1.84. The van der Waals surface area contributed by atoms with Gasteiger partial charge >= 0.3 is 5.97 Å². The van der Waals surface area contributed by atoms with Crippen LogP contribution in [0.3, 0.4) is 0 Å². The van der Waals surface area contributed by atoms with Crippen LogP contribution in [0.2, 0.25) is 0 Å². The van der Waals surface area contributed by atoms with E-state index in [0.717, 1.165) is 6.42 Å². The lowest BCUT2D eigenvalue weighted by atomic mass is 10.2. The van der Waals surface area contributed by atoms with Gasteiger partial charge in [0.15, 0.2) is 0 Å². The zero-order chi connectivity index (χ0) is 11.3. The summed E-state index contributed by atoms with van der Waals surface area (Å²) in [7, 11) is 1.49. The predicted molar refractivity (Wildman–Crippen MR) is 58.0 cm³/mol. The first-order chi connectivity index (χ1) is 7.19. The van der Waals surface area contributed by atoms with Crippen molar-refractivity contribution in [3.8, 4) is 5.75 Å². The number of nitrogens with two attached hydrogens (primary N) is 1. The van der Waals surface area contributed by atoms with Crippen molar-refractivity contribution in [2.24, 2.45) is 0 Å². The molecule has 0 bridgehead atoms. The van der Waals surface area contributed by atoms with Crippen molar-refractivity contribution in [3.05, 3.63) is 23.8 Å². The summed E-state index contributed by atoms with van der Waals surface area (Å²) < 4.78 is 10.0. The molecule has 82 valence electrons. The number of esters is 1. The van der Waals surface area contributed by atoms with E-state index in [1.807, 2.05) is 6.92 Å². The number of carbonyl (C=O) groups excluding carboxylic acids is 1. The fourth-order valence-electron chi connectivity index (χ4n) is 1.15. The molecule has 1 aromatic rings. The molecule has 4 heteroatoms. The summed E-state index contributed by atoms with van der Waals surface area (Å²) in [5.41, 5.74) is 6.53. The molecule has 0 saturated carbocycles. The highest BCUT2D eigenvalue weighted by Crippen LogP contribution is 2.22. The summed E-state index contributed by atoms with van der Waals surface area (Å²) in [6, 6.07) is 4.85. The van der Waals surface area contributed by atoms with Gasteiger partial charge in [0.2, 0.25) is 0 Å². The molecule has 0 unspecified atom stereocenters. The van der Waals surface area contributed by atoms with Crippen LogP contribution in [0.5, 0.6) is 5.75 Å². The monoisotopic (exact) mass is 209 g/mol. The van der Waals surface area contributed by atoms with Crippen molar-refractivity contribution in [1.29, 1.82) is 0 Å². The van der Waals surface area contributed by atoms with Gasteiger partial charge < -0.3 is 15.2 Å². The Morgan fingerprint density at radius 3 is 2.80 bits per heavy atom. The smallest absolute Gasteiger partial charge is 0.341 e. The van der Waals surface area contributed by atoms with Crippen molar-refractivity contribution in [2.45, 2.75) is 13.3 Å². The van der Waals surface area contributed by atoms with E-state index in [9.17, 15) is 4.79 Å². The molecule has 0 saturated heterocycles. The van der Waals surface area contributed by atoms with E-state index in [-0.39, 0.29) is 5.97 Å². The van der Waals surface area contributed by atoms with Gasteiger partial charge in [0, 0.05) is 11.8 Å². The first-order valence-electron chi connectivity index (χ1n) is 4.79. The number of hydrogen-bond donors (Lipinski definition) is 1. The minimum Gasteiger partial charge on any atom is -0.496 e. The summed E-state index contributed by atoms with van der Waals surface area (Å²) >= 11 is 0. The maximum Gasteiger partial charge on any atom is 0.341 e. The molecule has 2 N–H and O–H groups in total. The molecular formula is C11H15NO3. The summed E-state index contributed by atoms with van der Waals surface area (Å²) in [6.45, 7) is 2.35. The number of rotatable bonds is 4. The lowest BCUT2D eigenvalue weighted by Crippen LogP contribution is -2.08.